The number of tetrazole rings is 1. The van der Waals surface area contributed by atoms with Gasteiger partial charge in [0.25, 0.3) is 11.8 Å². The van der Waals surface area contributed by atoms with Crippen LogP contribution in [-0.4, -0.2) is 69.3 Å². The predicted octanol–water partition coefficient (Wildman–Crippen LogP) is 0.700. The number of imide groups is 1. The Labute approximate surface area is 182 Å². The molecule has 1 atom stereocenters. The Morgan fingerprint density at radius 2 is 1.66 bits per heavy atom. The van der Waals surface area contributed by atoms with Crippen molar-refractivity contribution in [2.45, 2.75) is 12.5 Å². The summed E-state index contributed by atoms with van der Waals surface area (Å²) in [5.41, 5.74) is 1.41. The van der Waals surface area contributed by atoms with E-state index in [2.05, 4.69) is 20.8 Å². The maximum Gasteiger partial charge on any atom is 0.262 e. The van der Waals surface area contributed by atoms with Crippen LogP contribution < -0.4 is 5.32 Å². The summed E-state index contributed by atoms with van der Waals surface area (Å²) in [6.07, 6.45) is 2.22. The summed E-state index contributed by atoms with van der Waals surface area (Å²) in [7, 11) is -3.44. The first-order chi connectivity index (χ1) is 15.2. The van der Waals surface area contributed by atoms with Crippen molar-refractivity contribution < 1.29 is 22.8 Å². The number of nitrogens with one attached hydrogen (secondary N) is 1. The Kier molecular flexibility index (Phi) is 5.53. The Morgan fingerprint density at radius 3 is 2.19 bits per heavy atom. The fourth-order valence-corrected chi connectivity index (χ4v) is 4.05. The molecule has 0 fully saturated rings. The first-order valence-corrected chi connectivity index (χ1v) is 11.6. The zero-order valence-corrected chi connectivity index (χ0v) is 17.7. The number of carbonyl (C=O) groups is 3. The fraction of sp³-hybridized carbons (Fsp3) is 0.200. The molecule has 1 aromatic heterocycles. The number of carbonyl (C=O) groups excluding carboxylic acids is 3. The van der Waals surface area contributed by atoms with Gasteiger partial charge in [0.1, 0.15) is 22.2 Å². The second-order valence-electron chi connectivity index (χ2n) is 7.25. The van der Waals surface area contributed by atoms with E-state index in [1.807, 2.05) is 0 Å². The van der Waals surface area contributed by atoms with Gasteiger partial charge in [-0.15, -0.1) is 5.10 Å². The van der Waals surface area contributed by atoms with E-state index in [0.717, 1.165) is 11.2 Å². The van der Waals surface area contributed by atoms with Crippen LogP contribution in [0.2, 0.25) is 0 Å². The van der Waals surface area contributed by atoms with Crippen LogP contribution in [0.4, 0.5) is 5.69 Å². The van der Waals surface area contributed by atoms with Crippen molar-refractivity contribution in [1.29, 1.82) is 0 Å². The minimum absolute atomic E-state index is 0.181. The summed E-state index contributed by atoms with van der Waals surface area (Å²) >= 11 is 0. The van der Waals surface area contributed by atoms with Crippen LogP contribution in [0.5, 0.6) is 0 Å². The molecule has 1 N–H and O–H groups in total. The molecule has 0 bridgehead atoms. The summed E-state index contributed by atoms with van der Waals surface area (Å²) in [5, 5.41) is 13.5. The van der Waals surface area contributed by atoms with Crippen LogP contribution in [0, 0.1) is 0 Å². The molecule has 32 heavy (non-hydrogen) atoms. The van der Waals surface area contributed by atoms with Crippen LogP contribution in [0.3, 0.4) is 0 Å². The molecule has 2 heterocycles. The molecule has 0 radical (unpaired) electrons. The second kappa shape index (κ2) is 8.30. The van der Waals surface area contributed by atoms with Gasteiger partial charge >= 0.3 is 0 Å². The monoisotopic (exact) mass is 454 g/mol. The predicted molar refractivity (Wildman–Crippen MR) is 113 cm³/mol. The number of hydrogen-bond donors (Lipinski definition) is 1. The largest absolute Gasteiger partial charge is 0.324 e. The van der Waals surface area contributed by atoms with E-state index in [9.17, 15) is 22.8 Å². The lowest BCUT2D eigenvalue weighted by Gasteiger charge is -2.25. The van der Waals surface area contributed by atoms with Gasteiger partial charge in [-0.3, -0.25) is 19.3 Å². The molecule has 0 saturated carbocycles. The maximum absolute atomic E-state index is 13.1. The van der Waals surface area contributed by atoms with Gasteiger partial charge in [0.2, 0.25) is 5.91 Å². The van der Waals surface area contributed by atoms with Crippen LogP contribution >= 0.6 is 0 Å². The van der Waals surface area contributed by atoms with Crippen LogP contribution in [0.15, 0.2) is 54.9 Å². The van der Waals surface area contributed by atoms with Crippen molar-refractivity contribution >= 4 is 33.2 Å². The first-order valence-electron chi connectivity index (χ1n) is 9.53. The highest BCUT2D eigenvalue weighted by molar-refractivity contribution is 7.90. The molecule has 12 heteroatoms. The van der Waals surface area contributed by atoms with Gasteiger partial charge in [-0.1, -0.05) is 12.1 Å². The van der Waals surface area contributed by atoms with Crippen molar-refractivity contribution in [2.75, 3.05) is 17.3 Å². The molecule has 164 valence electrons. The van der Waals surface area contributed by atoms with Gasteiger partial charge in [-0.05, 0) is 53.2 Å². The maximum atomic E-state index is 13.1. The van der Waals surface area contributed by atoms with E-state index in [-0.39, 0.29) is 23.3 Å². The summed E-state index contributed by atoms with van der Waals surface area (Å²) in [6.45, 7) is 0. The third-order valence-corrected chi connectivity index (χ3v) is 5.93. The van der Waals surface area contributed by atoms with Crippen molar-refractivity contribution in [3.8, 4) is 5.69 Å². The van der Waals surface area contributed by atoms with Gasteiger partial charge in [-0.2, -0.15) is 0 Å². The molecule has 11 nitrogen and oxygen atoms in total. The van der Waals surface area contributed by atoms with Crippen molar-refractivity contribution in [3.63, 3.8) is 0 Å². The normalized spacial score (nSPS) is 14.3. The number of hydrogen-bond acceptors (Lipinski definition) is 8. The Morgan fingerprint density at radius 1 is 1.03 bits per heavy atom. The summed E-state index contributed by atoms with van der Waals surface area (Å²) in [6, 6.07) is 11.5. The second-order valence-corrected chi connectivity index (χ2v) is 9.51. The molecule has 0 spiro atoms. The highest BCUT2D eigenvalue weighted by atomic mass is 32.2. The number of fused-ring (bicyclic) bond motifs is 1. The molecule has 0 aliphatic carbocycles. The summed E-state index contributed by atoms with van der Waals surface area (Å²) in [5.74, 6) is -2.30. The Balaban J connectivity index is 1.58. The van der Waals surface area contributed by atoms with Crippen molar-refractivity contribution in [2.24, 2.45) is 0 Å². The van der Waals surface area contributed by atoms with E-state index >= 15 is 0 Å². The minimum Gasteiger partial charge on any atom is -0.324 e. The van der Waals surface area contributed by atoms with Crippen molar-refractivity contribution in [1.82, 2.24) is 25.1 Å². The average Bonchev–Trinajstić information content (AvgIpc) is 3.37. The van der Waals surface area contributed by atoms with Gasteiger partial charge in [0.05, 0.1) is 22.6 Å². The lowest BCUT2D eigenvalue weighted by molar-refractivity contribution is -0.120. The lowest BCUT2D eigenvalue weighted by Crippen LogP contribution is -2.48. The highest BCUT2D eigenvalue weighted by Gasteiger charge is 2.42. The standard InChI is InChI=1S/C20H18N6O5S/c1-32(30,31)11-10-17(26-19(28)15-4-2-3-5-16(15)20(26)29)18(27)22-13-6-8-14(9-7-13)25-12-21-23-24-25/h2-9,12,17H,10-11H2,1H3,(H,22,27)/t17-/m1/s1. The van der Waals surface area contributed by atoms with Gasteiger partial charge in [-0.25, -0.2) is 13.1 Å². The van der Waals surface area contributed by atoms with Crippen LogP contribution in [0.1, 0.15) is 27.1 Å². The summed E-state index contributed by atoms with van der Waals surface area (Å²) < 4.78 is 24.9. The number of rotatable bonds is 7. The van der Waals surface area contributed by atoms with Gasteiger partial charge in [0, 0.05) is 11.9 Å². The van der Waals surface area contributed by atoms with Crippen LogP contribution in [0.25, 0.3) is 5.69 Å². The number of sulfone groups is 1. The molecule has 4 rings (SSSR count). The average molecular weight is 454 g/mol. The zero-order valence-electron chi connectivity index (χ0n) is 16.9. The molecule has 0 unspecified atom stereocenters. The zero-order chi connectivity index (χ0) is 22.9. The van der Waals surface area contributed by atoms with E-state index in [1.165, 1.54) is 23.1 Å². The van der Waals surface area contributed by atoms with Gasteiger partial charge in [0.15, 0.2) is 0 Å². The molecule has 1 aliphatic rings. The third-order valence-electron chi connectivity index (χ3n) is 4.95. The number of nitrogens with zero attached hydrogens (tertiary/aromatic N) is 5. The quantitative estimate of drug-likeness (QED) is 0.514. The molecular weight excluding hydrogens is 436 g/mol. The lowest BCUT2D eigenvalue weighted by atomic mass is 10.1. The number of aromatic nitrogens is 4. The van der Waals surface area contributed by atoms with Gasteiger partial charge < -0.3 is 5.32 Å². The Hall–Kier alpha value is -3.93. The van der Waals surface area contributed by atoms with Crippen LogP contribution in [-0.2, 0) is 14.6 Å². The SMILES string of the molecule is CS(=O)(=O)CC[C@H](C(=O)Nc1ccc(-n2cnnn2)cc1)N1C(=O)c2ccccc2C1=O. The molecule has 0 saturated heterocycles. The molecule has 3 amide bonds. The molecular formula is C20H18N6O5S. The topological polar surface area (TPSA) is 144 Å². The first kappa shape index (κ1) is 21.3. The van der Waals surface area contributed by atoms with E-state index in [4.69, 9.17) is 0 Å². The third kappa shape index (κ3) is 4.25. The van der Waals surface area contributed by atoms with E-state index in [1.54, 1.807) is 36.4 Å². The summed E-state index contributed by atoms with van der Waals surface area (Å²) in [4.78, 5) is 39.6. The highest BCUT2D eigenvalue weighted by Crippen LogP contribution is 2.26. The number of anilines is 1. The molecule has 2 aromatic carbocycles. The number of amides is 3. The van der Waals surface area contributed by atoms with E-state index < -0.39 is 33.6 Å². The van der Waals surface area contributed by atoms with E-state index in [0.29, 0.717) is 11.4 Å². The number of benzene rings is 2. The van der Waals surface area contributed by atoms with Crippen molar-refractivity contribution in [3.05, 3.63) is 66.0 Å². The molecule has 3 aromatic rings. The minimum atomic E-state index is -3.44. The fourth-order valence-electron chi connectivity index (χ4n) is 3.40. The Bertz CT molecular complexity index is 1250. The molecule has 1 aliphatic heterocycles. The smallest absolute Gasteiger partial charge is 0.262 e.